The molecule has 0 saturated heterocycles. The van der Waals surface area contributed by atoms with Crippen molar-refractivity contribution in [1.82, 2.24) is 14.4 Å². The van der Waals surface area contributed by atoms with Crippen molar-refractivity contribution in [1.29, 1.82) is 0 Å². The van der Waals surface area contributed by atoms with Crippen molar-refractivity contribution < 1.29 is 0 Å². The number of aryl methyl sites for hydroxylation is 1. The third-order valence-corrected chi connectivity index (χ3v) is 4.93. The number of aromatic nitrogens is 3. The minimum atomic E-state index is -0.591. The number of nitrogens with two attached hydrogens (primary N) is 1. The zero-order valence-electron chi connectivity index (χ0n) is 15.0. The third-order valence-electron chi connectivity index (χ3n) is 4.93. The second-order valence-electron chi connectivity index (χ2n) is 7.07. The number of H-pyrrole nitrogens is 1. The van der Waals surface area contributed by atoms with Crippen molar-refractivity contribution in [3.63, 3.8) is 0 Å². The van der Waals surface area contributed by atoms with Gasteiger partial charge < -0.3 is 15.1 Å². The molecule has 0 amide bonds. The molecule has 26 heavy (non-hydrogen) atoms. The minimum Gasteiger partial charge on any atom is -0.322 e. The molecule has 1 atom stereocenters. The summed E-state index contributed by atoms with van der Waals surface area (Å²) in [5.41, 5.74) is 10.5. The topological polar surface area (TPSA) is 76.2 Å². The van der Waals surface area contributed by atoms with Crippen LogP contribution in [0.5, 0.6) is 0 Å². The Morgan fingerprint density at radius 2 is 2.08 bits per heavy atom. The van der Waals surface area contributed by atoms with Crippen LogP contribution in [-0.4, -0.2) is 14.4 Å². The third kappa shape index (κ3) is 2.91. The molecule has 1 aromatic carbocycles. The van der Waals surface area contributed by atoms with E-state index in [1.165, 1.54) is 0 Å². The first kappa shape index (κ1) is 16.5. The first-order chi connectivity index (χ1) is 12.5. The molecule has 5 heteroatoms. The van der Waals surface area contributed by atoms with Gasteiger partial charge in [0.1, 0.15) is 5.65 Å². The van der Waals surface area contributed by atoms with Gasteiger partial charge in [-0.1, -0.05) is 25.1 Å². The fourth-order valence-electron chi connectivity index (χ4n) is 3.41. The largest absolute Gasteiger partial charge is 0.322 e. The Morgan fingerprint density at radius 3 is 2.85 bits per heavy atom. The fraction of sp³-hybridized carbons (Fsp3) is 0.238. The van der Waals surface area contributed by atoms with Gasteiger partial charge in [-0.25, -0.2) is 4.98 Å². The number of hydrogen-bond acceptors (Lipinski definition) is 3. The van der Waals surface area contributed by atoms with Crippen LogP contribution < -0.4 is 11.3 Å². The van der Waals surface area contributed by atoms with E-state index in [1.54, 1.807) is 0 Å². The van der Waals surface area contributed by atoms with Crippen LogP contribution in [0.25, 0.3) is 16.6 Å². The highest BCUT2D eigenvalue weighted by atomic mass is 16.1. The molecule has 0 aliphatic carbocycles. The Hall–Kier alpha value is -2.92. The maximum atomic E-state index is 12.1. The quantitative estimate of drug-likeness (QED) is 0.596. The number of nitrogens with one attached hydrogen (secondary N) is 1. The molecule has 4 rings (SSSR count). The van der Waals surface area contributed by atoms with Crippen molar-refractivity contribution in [2.45, 2.75) is 32.2 Å². The fourth-order valence-corrected chi connectivity index (χ4v) is 3.41. The molecular formula is C21H22N4O. The second-order valence-corrected chi connectivity index (χ2v) is 7.07. The lowest BCUT2D eigenvalue weighted by molar-refractivity contribution is 0.487. The molecule has 0 radical (unpaired) electrons. The summed E-state index contributed by atoms with van der Waals surface area (Å²) in [5, 5.41) is 1.02. The van der Waals surface area contributed by atoms with E-state index in [4.69, 9.17) is 5.73 Å². The van der Waals surface area contributed by atoms with Gasteiger partial charge in [0.25, 0.3) is 5.56 Å². The molecule has 0 bridgehead atoms. The van der Waals surface area contributed by atoms with Gasteiger partial charge >= 0.3 is 0 Å². The first-order valence-electron chi connectivity index (χ1n) is 8.84. The van der Waals surface area contributed by atoms with Gasteiger partial charge in [-0.3, -0.25) is 4.79 Å². The lowest BCUT2D eigenvalue weighted by atomic mass is 9.88. The van der Waals surface area contributed by atoms with Crippen molar-refractivity contribution in [3.8, 4) is 0 Å². The predicted octanol–water partition coefficient (Wildman–Crippen LogP) is 3.15. The molecule has 3 heterocycles. The van der Waals surface area contributed by atoms with Crippen LogP contribution in [0.15, 0.2) is 59.7 Å². The summed E-state index contributed by atoms with van der Waals surface area (Å²) in [4.78, 5) is 19.7. The number of aromatic amines is 1. The van der Waals surface area contributed by atoms with Gasteiger partial charge in [0, 0.05) is 35.4 Å². The van der Waals surface area contributed by atoms with Crippen LogP contribution in [0, 0.1) is 0 Å². The minimum absolute atomic E-state index is 0.0313. The van der Waals surface area contributed by atoms with Gasteiger partial charge in [-0.05, 0) is 48.6 Å². The van der Waals surface area contributed by atoms with Gasteiger partial charge in [0.15, 0.2) is 0 Å². The molecule has 1 unspecified atom stereocenters. The van der Waals surface area contributed by atoms with Gasteiger partial charge in [0.05, 0.1) is 5.69 Å². The highest BCUT2D eigenvalue weighted by molar-refractivity contribution is 5.80. The number of rotatable bonds is 4. The van der Waals surface area contributed by atoms with Crippen LogP contribution in [-0.2, 0) is 18.4 Å². The summed E-state index contributed by atoms with van der Waals surface area (Å²) in [7, 11) is 0. The molecule has 0 saturated carbocycles. The number of nitrogens with zero attached hydrogens (tertiary/aromatic N) is 2. The number of fused-ring (bicyclic) bond motifs is 2. The van der Waals surface area contributed by atoms with Crippen LogP contribution in [0.3, 0.4) is 0 Å². The molecule has 3 N–H and O–H groups in total. The van der Waals surface area contributed by atoms with E-state index in [1.807, 2.05) is 73.1 Å². The summed E-state index contributed by atoms with van der Waals surface area (Å²) < 4.78 is 2.00. The molecule has 0 aliphatic rings. The van der Waals surface area contributed by atoms with Crippen molar-refractivity contribution in [2.75, 3.05) is 0 Å². The number of benzene rings is 1. The Morgan fingerprint density at radius 1 is 1.23 bits per heavy atom. The van der Waals surface area contributed by atoms with E-state index in [-0.39, 0.29) is 5.56 Å². The number of imidazole rings is 1. The van der Waals surface area contributed by atoms with Gasteiger partial charge in [-0.15, -0.1) is 0 Å². The number of hydrogen-bond donors (Lipinski definition) is 2. The summed E-state index contributed by atoms with van der Waals surface area (Å²) >= 11 is 0. The van der Waals surface area contributed by atoms with Gasteiger partial charge in [0.2, 0.25) is 0 Å². The monoisotopic (exact) mass is 346 g/mol. The zero-order chi connectivity index (χ0) is 18.3. The van der Waals surface area contributed by atoms with E-state index in [2.05, 4.69) is 9.97 Å². The maximum Gasteiger partial charge on any atom is 0.251 e. The predicted molar refractivity (Wildman–Crippen MR) is 104 cm³/mol. The average Bonchev–Trinajstić information content (AvgIpc) is 3.02. The molecule has 5 nitrogen and oxygen atoms in total. The second kappa shape index (κ2) is 6.11. The van der Waals surface area contributed by atoms with Crippen molar-refractivity contribution in [3.05, 3.63) is 82.0 Å². The summed E-state index contributed by atoms with van der Waals surface area (Å²) in [6.07, 6.45) is 5.32. The Balaban J connectivity index is 1.71. The van der Waals surface area contributed by atoms with Crippen LogP contribution in [0.2, 0.25) is 0 Å². The standard InChI is InChI=1S/C21H22N4O/c1-3-14-10-15-7-8-16(11-18(15)24-20(14)26)21(2,22)12-17-13-25-9-5-4-6-19(25)23-17/h4-11,13H,3,12,22H2,1-2H3,(H,24,26). The summed E-state index contributed by atoms with van der Waals surface area (Å²) in [5.74, 6) is 0. The lowest BCUT2D eigenvalue weighted by Crippen LogP contribution is -2.35. The van der Waals surface area contributed by atoms with Crippen molar-refractivity contribution in [2.24, 2.45) is 5.73 Å². The van der Waals surface area contributed by atoms with Crippen molar-refractivity contribution >= 4 is 16.6 Å². The van der Waals surface area contributed by atoms with Gasteiger partial charge in [-0.2, -0.15) is 0 Å². The highest BCUT2D eigenvalue weighted by Gasteiger charge is 2.23. The molecule has 3 aromatic heterocycles. The maximum absolute atomic E-state index is 12.1. The molecule has 0 spiro atoms. The number of pyridine rings is 2. The van der Waals surface area contributed by atoms with E-state index in [9.17, 15) is 4.79 Å². The Labute approximate surface area is 151 Å². The molecule has 4 aromatic rings. The Kier molecular flexibility index (Phi) is 3.89. The average molecular weight is 346 g/mol. The molecule has 132 valence electrons. The summed E-state index contributed by atoms with van der Waals surface area (Å²) in [6.45, 7) is 3.98. The van der Waals surface area contributed by atoms with Crippen LogP contribution in [0.1, 0.15) is 30.7 Å². The SMILES string of the molecule is CCc1cc2ccc(C(C)(N)Cc3cn4ccccc4n3)cc2[nH]c1=O. The van der Waals surface area contributed by atoms with E-state index in [0.717, 1.165) is 39.8 Å². The summed E-state index contributed by atoms with van der Waals surface area (Å²) in [6, 6.07) is 13.9. The van der Waals surface area contributed by atoms with E-state index < -0.39 is 5.54 Å². The molecule has 0 fully saturated rings. The highest BCUT2D eigenvalue weighted by Crippen LogP contribution is 2.25. The molecule has 0 aliphatic heterocycles. The zero-order valence-corrected chi connectivity index (χ0v) is 15.0. The van der Waals surface area contributed by atoms with Crippen LogP contribution >= 0.6 is 0 Å². The van der Waals surface area contributed by atoms with E-state index >= 15 is 0 Å². The normalized spacial score (nSPS) is 14.0. The van der Waals surface area contributed by atoms with E-state index in [0.29, 0.717) is 6.42 Å². The first-order valence-corrected chi connectivity index (χ1v) is 8.84. The lowest BCUT2D eigenvalue weighted by Gasteiger charge is -2.24. The van der Waals surface area contributed by atoms with Crippen LogP contribution in [0.4, 0.5) is 0 Å². The Bertz CT molecular complexity index is 1120. The molecular weight excluding hydrogens is 324 g/mol. The smallest absolute Gasteiger partial charge is 0.251 e.